The molecule has 0 radical (unpaired) electrons. The highest BCUT2D eigenvalue weighted by Crippen LogP contribution is 2.18. The van der Waals surface area contributed by atoms with Gasteiger partial charge in [-0.1, -0.05) is 0 Å². The molecule has 0 aliphatic rings. The second kappa shape index (κ2) is 6.74. The van der Waals surface area contributed by atoms with Crippen LogP contribution in [0.2, 0.25) is 0 Å². The number of rotatable bonds is 5. The number of nitrogens with one attached hydrogen (secondary N) is 1. The molecule has 0 aliphatic heterocycles. The molecular weight excluding hydrogens is 307 g/mol. The number of hydrogen-bond acceptors (Lipinski definition) is 5. The van der Waals surface area contributed by atoms with Crippen LogP contribution in [0.3, 0.4) is 0 Å². The van der Waals surface area contributed by atoms with Crippen LogP contribution in [0.4, 0.5) is 10.3 Å². The average molecular weight is 326 g/mol. The molecule has 0 aliphatic carbocycles. The molecule has 0 saturated carbocycles. The van der Waals surface area contributed by atoms with Crippen molar-refractivity contribution in [1.29, 1.82) is 0 Å². The molecule has 0 atom stereocenters. The molecule has 0 unspecified atom stereocenters. The second-order valence-corrected chi connectivity index (χ2v) is 5.49. The summed E-state index contributed by atoms with van der Waals surface area (Å²) < 4.78 is 15.0. The van der Waals surface area contributed by atoms with Crippen LogP contribution in [0.15, 0.2) is 30.5 Å². The van der Waals surface area contributed by atoms with Gasteiger partial charge < -0.3 is 5.32 Å². The topological polar surface area (TPSA) is 68.5 Å². The van der Waals surface area contributed by atoms with Gasteiger partial charge in [-0.25, -0.2) is 9.37 Å². The second-order valence-electron chi connectivity index (χ2n) is 5.49. The lowest BCUT2D eigenvalue weighted by Gasteiger charge is -2.07. The predicted octanol–water partition coefficient (Wildman–Crippen LogP) is 3.12. The fraction of sp³-hybridized carbons (Fsp3) is 0.294. The summed E-state index contributed by atoms with van der Waals surface area (Å²) >= 11 is 0. The van der Waals surface area contributed by atoms with E-state index in [0.717, 1.165) is 29.1 Å². The molecule has 24 heavy (non-hydrogen) atoms. The van der Waals surface area contributed by atoms with Crippen molar-refractivity contribution in [1.82, 2.24) is 25.0 Å². The first-order valence-electron chi connectivity index (χ1n) is 7.81. The molecule has 2 heterocycles. The van der Waals surface area contributed by atoms with Crippen LogP contribution < -0.4 is 5.32 Å². The van der Waals surface area contributed by atoms with E-state index in [0.29, 0.717) is 18.2 Å². The molecule has 2 aromatic heterocycles. The minimum Gasteiger partial charge on any atom is -0.349 e. The van der Waals surface area contributed by atoms with Gasteiger partial charge in [-0.05, 0) is 45.0 Å². The van der Waals surface area contributed by atoms with Gasteiger partial charge in [0, 0.05) is 29.9 Å². The first kappa shape index (κ1) is 16.0. The maximum atomic E-state index is 13.0. The molecule has 0 fully saturated rings. The SMILES string of the molecule is CCn1nc(C)c(CNc2nncc(-c3ccc(F)cc3)n2)c1C. The Kier molecular flexibility index (Phi) is 4.50. The van der Waals surface area contributed by atoms with E-state index in [2.05, 4.69) is 39.4 Å². The molecule has 6 nitrogen and oxygen atoms in total. The highest BCUT2D eigenvalue weighted by Gasteiger charge is 2.11. The lowest BCUT2D eigenvalue weighted by molar-refractivity contribution is 0.628. The molecule has 0 spiro atoms. The number of aromatic nitrogens is 5. The lowest BCUT2D eigenvalue weighted by atomic mass is 10.2. The van der Waals surface area contributed by atoms with Crippen LogP contribution >= 0.6 is 0 Å². The Labute approximate surface area is 139 Å². The monoisotopic (exact) mass is 326 g/mol. The smallest absolute Gasteiger partial charge is 0.243 e. The summed E-state index contributed by atoms with van der Waals surface area (Å²) in [6.07, 6.45) is 1.56. The van der Waals surface area contributed by atoms with Gasteiger partial charge in [0.2, 0.25) is 5.95 Å². The van der Waals surface area contributed by atoms with E-state index in [9.17, 15) is 4.39 Å². The van der Waals surface area contributed by atoms with Gasteiger partial charge in [0.15, 0.2) is 0 Å². The van der Waals surface area contributed by atoms with Gasteiger partial charge in [0.1, 0.15) is 5.82 Å². The van der Waals surface area contributed by atoms with Crippen molar-refractivity contribution >= 4 is 5.95 Å². The zero-order valence-corrected chi connectivity index (χ0v) is 13.9. The Balaban J connectivity index is 1.78. The third-order valence-corrected chi connectivity index (χ3v) is 3.95. The summed E-state index contributed by atoms with van der Waals surface area (Å²) in [4.78, 5) is 4.44. The van der Waals surface area contributed by atoms with Crippen LogP contribution in [0.25, 0.3) is 11.3 Å². The molecule has 0 saturated heterocycles. The maximum absolute atomic E-state index is 13.0. The fourth-order valence-corrected chi connectivity index (χ4v) is 2.60. The molecule has 3 rings (SSSR count). The number of benzene rings is 1. The molecule has 1 aromatic carbocycles. The third kappa shape index (κ3) is 3.24. The van der Waals surface area contributed by atoms with Crippen LogP contribution in [0.1, 0.15) is 23.9 Å². The normalized spacial score (nSPS) is 10.8. The fourth-order valence-electron chi connectivity index (χ4n) is 2.60. The number of anilines is 1. The minimum atomic E-state index is -0.280. The maximum Gasteiger partial charge on any atom is 0.243 e. The largest absolute Gasteiger partial charge is 0.349 e. The molecule has 3 aromatic rings. The Morgan fingerprint density at radius 1 is 1.17 bits per heavy atom. The first-order valence-corrected chi connectivity index (χ1v) is 7.81. The van der Waals surface area contributed by atoms with E-state index >= 15 is 0 Å². The molecular formula is C17H19FN6. The molecule has 1 N–H and O–H groups in total. The highest BCUT2D eigenvalue weighted by molar-refractivity contribution is 5.58. The standard InChI is InChI=1S/C17H19FN6/c1-4-24-12(3)15(11(2)23-24)9-19-17-21-16(10-20-22-17)13-5-7-14(18)8-6-13/h5-8,10H,4,9H2,1-3H3,(H,19,21,22). The zero-order chi connectivity index (χ0) is 17.1. The Morgan fingerprint density at radius 2 is 1.92 bits per heavy atom. The third-order valence-electron chi connectivity index (χ3n) is 3.95. The number of halogens is 1. The number of hydrogen-bond donors (Lipinski definition) is 1. The van der Waals surface area contributed by atoms with Gasteiger partial charge in [0.25, 0.3) is 0 Å². The number of aryl methyl sites for hydroxylation is 2. The van der Waals surface area contributed by atoms with Crippen LogP contribution in [-0.4, -0.2) is 25.0 Å². The summed E-state index contributed by atoms with van der Waals surface area (Å²) in [5, 5.41) is 15.7. The van der Waals surface area contributed by atoms with Crippen LogP contribution in [-0.2, 0) is 13.1 Å². The summed E-state index contributed by atoms with van der Waals surface area (Å²) in [6, 6.07) is 6.14. The van der Waals surface area contributed by atoms with Crippen molar-refractivity contribution in [2.45, 2.75) is 33.9 Å². The van der Waals surface area contributed by atoms with Gasteiger partial charge in [-0.15, -0.1) is 5.10 Å². The Morgan fingerprint density at radius 3 is 2.58 bits per heavy atom. The van der Waals surface area contributed by atoms with Crippen molar-refractivity contribution in [2.75, 3.05) is 5.32 Å². The molecule has 7 heteroatoms. The van der Waals surface area contributed by atoms with Crippen LogP contribution in [0, 0.1) is 19.7 Å². The molecule has 0 amide bonds. The lowest BCUT2D eigenvalue weighted by Crippen LogP contribution is -2.07. The van der Waals surface area contributed by atoms with Gasteiger partial charge in [-0.2, -0.15) is 10.2 Å². The van der Waals surface area contributed by atoms with E-state index in [-0.39, 0.29) is 5.82 Å². The number of nitrogens with zero attached hydrogens (tertiary/aromatic N) is 5. The zero-order valence-electron chi connectivity index (χ0n) is 13.9. The van der Waals surface area contributed by atoms with E-state index in [4.69, 9.17) is 0 Å². The highest BCUT2D eigenvalue weighted by atomic mass is 19.1. The average Bonchev–Trinajstić information content (AvgIpc) is 2.87. The Bertz CT molecular complexity index is 841. The van der Waals surface area contributed by atoms with Gasteiger partial charge in [-0.3, -0.25) is 4.68 Å². The predicted molar refractivity (Wildman–Crippen MR) is 89.9 cm³/mol. The first-order chi connectivity index (χ1) is 11.6. The van der Waals surface area contributed by atoms with Crippen LogP contribution in [0.5, 0.6) is 0 Å². The quantitative estimate of drug-likeness (QED) is 0.780. The van der Waals surface area contributed by atoms with Crippen molar-refractivity contribution in [3.05, 3.63) is 53.2 Å². The summed E-state index contributed by atoms with van der Waals surface area (Å²) in [7, 11) is 0. The van der Waals surface area contributed by atoms with Crippen molar-refractivity contribution in [3.8, 4) is 11.3 Å². The Hall–Kier alpha value is -2.83. The summed E-state index contributed by atoms with van der Waals surface area (Å²) in [5.41, 5.74) is 4.69. The van der Waals surface area contributed by atoms with Gasteiger partial charge in [0.05, 0.1) is 17.6 Å². The van der Waals surface area contributed by atoms with Crippen molar-refractivity contribution in [2.24, 2.45) is 0 Å². The summed E-state index contributed by atoms with van der Waals surface area (Å²) in [6.45, 7) is 7.52. The molecule has 124 valence electrons. The van der Waals surface area contributed by atoms with Crippen molar-refractivity contribution < 1.29 is 4.39 Å². The minimum absolute atomic E-state index is 0.280. The van der Waals surface area contributed by atoms with Gasteiger partial charge >= 0.3 is 0 Å². The molecule has 0 bridgehead atoms. The van der Waals surface area contributed by atoms with E-state index in [1.807, 2.05) is 11.6 Å². The van der Waals surface area contributed by atoms with Crippen molar-refractivity contribution in [3.63, 3.8) is 0 Å². The van der Waals surface area contributed by atoms with E-state index < -0.39 is 0 Å². The summed E-state index contributed by atoms with van der Waals surface area (Å²) in [5.74, 6) is 0.151. The van der Waals surface area contributed by atoms with E-state index in [1.165, 1.54) is 12.1 Å². The van der Waals surface area contributed by atoms with E-state index in [1.54, 1.807) is 18.3 Å².